The number of nitrogens with one attached hydrogen (secondary N) is 1. The van der Waals surface area contributed by atoms with Crippen molar-refractivity contribution in [2.75, 3.05) is 0 Å². The Morgan fingerprint density at radius 3 is 2.89 bits per heavy atom. The summed E-state index contributed by atoms with van der Waals surface area (Å²) in [5, 5.41) is 19.7. The summed E-state index contributed by atoms with van der Waals surface area (Å²) in [6, 6.07) is 7.38. The van der Waals surface area contributed by atoms with Gasteiger partial charge in [0.25, 0.3) is 0 Å². The van der Waals surface area contributed by atoms with Crippen molar-refractivity contribution in [3.8, 4) is 6.07 Å². The number of hydrogen-bond donors (Lipinski definition) is 2. The summed E-state index contributed by atoms with van der Waals surface area (Å²) in [6.45, 7) is 1.73. The Hall–Kier alpha value is -2.87. The molecule has 0 spiro atoms. The molecule has 0 aliphatic carbocycles. The van der Waals surface area contributed by atoms with Crippen LogP contribution in [0.15, 0.2) is 24.4 Å². The van der Waals surface area contributed by atoms with Gasteiger partial charge in [-0.25, -0.2) is 9.78 Å². The lowest BCUT2D eigenvalue weighted by Crippen LogP contribution is -2.03. The van der Waals surface area contributed by atoms with Crippen LogP contribution in [-0.2, 0) is 0 Å². The molecule has 19 heavy (non-hydrogen) atoms. The van der Waals surface area contributed by atoms with Gasteiger partial charge in [0.2, 0.25) is 0 Å². The van der Waals surface area contributed by atoms with E-state index >= 15 is 0 Å². The van der Waals surface area contributed by atoms with Crippen LogP contribution in [0.4, 0.5) is 0 Å². The molecule has 0 fully saturated rings. The number of pyridine rings is 1. The molecule has 2 heterocycles. The number of carbonyl (C=O) groups is 1. The Bertz CT molecular complexity index is 872. The minimum atomic E-state index is -1.05. The number of aryl methyl sites for hydroxylation is 1. The largest absolute Gasteiger partial charge is 0.477 e. The molecule has 2 N–H and O–H groups in total. The zero-order valence-electron chi connectivity index (χ0n) is 10.1. The Morgan fingerprint density at radius 2 is 2.21 bits per heavy atom. The van der Waals surface area contributed by atoms with E-state index in [1.807, 2.05) is 6.07 Å². The number of H-pyrrole nitrogens is 1. The SMILES string of the molecule is Cc1c(C(=O)O)ncc2[nH]c3ccc(C#N)cc3c12. The number of benzene rings is 1. The summed E-state index contributed by atoms with van der Waals surface area (Å²) in [5.41, 5.74) is 2.82. The fourth-order valence-corrected chi connectivity index (χ4v) is 2.34. The van der Waals surface area contributed by atoms with Crippen molar-refractivity contribution >= 4 is 27.8 Å². The highest BCUT2D eigenvalue weighted by atomic mass is 16.4. The highest BCUT2D eigenvalue weighted by molar-refractivity contribution is 6.11. The molecular weight excluding hydrogens is 242 g/mol. The lowest BCUT2D eigenvalue weighted by Gasteiger charge is -2.01. The third kappa shape index (κ3) is 1.54. The molecule has 0 bridgehead atoms. The van der Waals surface area contributed by atoms with Crippen LogP contribution in [0, 0.1) is 18.3 Å². The topological polar surface area (TPSA) is 89.8 Å². The van der Waals surface area contributed by atoms with Gasteiger partial charge >= 0.3 is 5.97 Å². The summed E-state index contributed by atoms with van der Waals surface area (Å²) in [5.74, 6) is -1.05. The third-order valence-corrected chi connectivity index (χ3v) is 3.21. The van der Waals surface area contributed by atoms with Crippen LogP contribution in [0.1, 0.15) is 21.6 Å². The molecule has 3 rings (SSSR count). The molecule has 0 atom stereocenters. The van der Waals surface area contributed by atoms with Crippen molar-refractivity contribution in [2.24, 2.45) is 0 Å². The van der Waals surface area contributed by atoms with E-state index in [-0.39, 0.29) is 5.69 Å². The van der Waals surface area contributed by atoms with Gasteiger partial charge in [-0.2, -0.15) is 5.26 Å². The molecule has 0 amide bonds. The standard InChI is InChI=1S/C14H9N3O2/c1-7-12-9-4-8(5-15)2-3-10(9)17-11(12)6-16-13(7)14(18)19/h2-4,6,17H,1H3,(H,18,19). The Labute approximate surface area is 108 Å². The maximum absolute atomic E-state index is 11.1. The smallest absolute Gasteiger partial charge is 0.354 e. The number of aromatic nitrogens is 2. The van der Waals surface area contributed by atoms with Gasteiger partial charge < -0.3 is 10.1 Å². The van der Waals surface area contributed by atoms with E-state index in [9.17, 15) is 4.79 Å². The molecule has 5 nitrogen and oxygen atoms in total. The van der Waals surface area contributed by atoms with E-state index in [4.69, 9.17) is 10.4 Å². The number of rotatable bonds is 1. The first-order valence-electron chi connectivity index (χ1n) is 5.66. The minimum absolute atomic E-state index is 0.0377. The van der Waals surface area contributed by atoms with E-state index in [0.29, 0.717) is 11.1 Å². The first kappa shape index (κ1) is 11.2. The average Bonchev–Trinajstić information content (AvgIpc) is 2.76. The second-order valence-electron chi connectivity index (χ2n) is 4.32. The fourth-order valence-electron chi connectivity index (χ4n) is 2.34. The van der Waals surface area contributed by atoms with Crippen LogP contribution in [-0.4, -0.2) is 21.0 Å². The summed E-state index contributed by atoms with van der Waals surface area (Å²) < 4.78 is 0. The van der Waals surface area contributed by atoms with E-state index in [0.717, 1.165) is 21.8 Å². The summed E-state index contributed by atoms with van der Waals surface area (Å²) in [6.07, 6.45) is 1.51. The monoisotopic (exact) mass is 251 g/mol. The number of hydrogen-bond acceptors (Lipinski definition) is 3. The van der Waals surface area contributed by atoms with Crippen LogP contribution >= 0.6 is 0 Å². The van der Waals surface area contributed by atoms with E-state index in [1.165, 1.54) is 6.20 Å². The maximum atomic E-state index is 11.1. The van der Waals surface area contributed by atoms with Gasteiger partial charge in [0, 0.05) is 16.3 Å². The molecule has 92 valence electrons. The van der Waals surface area contributed by atoms with Crippen molar-refractivity contribution in [1.29, 1.82) is 5.26 Å². The number of carboxylic acid groups (broad SMARTS) is 1. The van der Waals surface area contributed by atoms with Gasteiger partial charge in [0.1, 0.15) is 0 Å². The number of nitrogens with zero attached hydrogens (tertiary/aromatic N) is 2. The third-order valence-electron chi connectivity index (χ3n) is 3.21. The van der Waals surface area contributed by atoms with Crippen LogP contribution in [0.2, 0.25) is 0 Å². The lowest BCUT2D eigenvalue weighted by atomic mass is 10.1. The second kappa shape index (κ2) is 3.82. The Morgan fingerprint density at radius 1 is 1.42 bits per heavy atom. The molecule has 0 radical (unpaired) electrons. The van der Waals surface area contributed by atoms with E-state index in [1.54, 1.807) is 19.1 Å². The number of fused-ring (bicyclic) bond motifs is 3. The number of aromatic amines is 1. The number of aromatic carboxylic acids is 1. The van der Waals surface area contributed by atoms with Gasteiger partial charge in [0.05, 0.1) is 23.3 Å². The zero-order chi connectivity index (χ0) is 13.6. The molecule has 3 aromatic rings. The predicted octanol–water partition coefficient (Wildman–Crippen LogP) is 2.59. The fraction of sp³-hybridized carbons (Fsp3) is 0.0714. The van der Waals surface area contributed by atoms with Gasteiger partial charge in [-0.1, -0.05) is 0 Å². The molecule has 5 heteroatoms. The Kier molecular flexibility index (Phi) is 2.26. The molecule has 0 unspecified atom stereocenters. The summed E-state index contributed by atoms with van der Waals surface area (Å²) >= 11 is 0. The van der Waals surface area contributed by atoms with Gasteiger partial charge in [-0.15, -0.1) is 0 Å². The molecular formula is C14H9N3O2. The molecule has 1 aromatic carbocycles. The first-order chi connectivity index (χ1) is 9.11. The maximum Gasteiger partial charge on any atom is 0.354 e. The molecule has 2 aromatic heterocycles. The second-order valence-corrected chi connectivity index (χ2v) is 4.32. The molecule has 0 saturated heterocycles. The van der Waals surface area contributed by atoms with Crippen LogP contribution in [0.5, 0.6) is 0 Å². The van der Waals surface area contributed by atoms with Crippen molar-refractivity contribution in [1.82, 2.24) is 9.97 Å². The van der Waals surface area contributed by atoms with Crippen molar-refractivity contribution < 1.29 is 9.90 Å². The highest BCUT2D eigenvalue weighted by Crippen LogP contribution is 2.29. The van der Waals surface area contributed by atoms with Gasteiger partial charge in [-0.05, 0) is 30.7 Å². The minimum Gasteiger partial charge on any atom is -0.477 e. The zero-order valence-corrected chi connectivity index (χ0v) is 10.1. The number of nitriles is 1. The van der Waals surface area contributed by atoms with E-state index in [2.05, 4.69) is 16.0 Å². The van der Waals surface area contributed by atoms with Crippen molar-refractivity contribution in [3.05, 3.63) is 41.2 Å². The van der Waals surface area contributed by atoms with Gasteiger partial charge in [-0.3, -0.25) is 0 Å². The average molecular weight is 251 g/mol. The lowest BCUT2D eigenvalue weighted by molar-refractivity contribution is 0.0690. The number of carboxylic acids is 1. The normalized spacial score (nSPS) is 10.7. The molecule has 0 saturated carbocycles. The van der Waals surface area contributed by atoms with Crippen LogP contribution in [0.25, 0.3) is 21.8 Å². The van der Waals surface area contributed by atoms with Crippen LogP contribution < -0.4 is 0 Å². The predicted molar refractivity (Wildman–Crippen MR) is 70.0 cm³/mol. The van der Waals surface area contributed by atoms with Crippen molar-refractivity contribution in [2.45, 2.75) is 6.92 Å². The molecule has 0 aliphatic rings. The first-order valence-corrected chi connectivity index (χ1v) is 5.66. The van der Waals surface area contributed by atoms with E-state index < -0.39 is 5.97 Å². The summed E-state index contributed by atoms with van der Waals surface area (Å²) in [7, 11) is 0. The highest BCUT2D eigenvalue weighted by Gasteiger charge is 2.15. The quantitative estimate of drug-likeness (QED) is 0.695. The Balaban J connectivity index is 2.50. The van der Waals surface area contributed by atoms with Gasteiger partial charge in [0.15, 0.2) is 5.69 Å². The molecule has 0 aliphatic heterocycles. The van der Waals surface area contributed by atoms with Crippen molar-refractivity contribution in [3.63, 3.8) is 0 Å². The van der Waals surface area contributed by atoms with Crippen LogP contribution in [0.3, 0.4) is 0 Å². The summed E-state index contributed by atoms with van der Waals surface area (Å²) in [4.78, 5) is 18.2.